The zero-order valence-electron chi connectivity index (χ0n) is 12.6. The first-order valence-corrected chi connectivity index (χ1v) is 7.68. The predicted molar refractivity (Wildman–Crippen MR) is 79.4 cm³/mol. The fraction of sp³-hybridized carbons (Fsp3) is 0.357. The molecule has 0 atom stereocenters. The topological polar surface area (TPSA) is 78.8 Å². The Morgan fingerprint density at radius 2 is 1.76 bits per heavy atom. The largest absolute Gasteiger partial charge is 0.858 e. The van der Waals surface area contributed by atoms with Crippen LogP contribution in [0.4, 0.5) is 0 Å². The van der Waals surface area contributed by atoms with Gasteiger partial charge in [0.1, 0.15) is 12.3 Å². The number of quaternary nitrogens is 1. The molecule has 0 unspecified atom stereocenters. The molecule has 0 aromatic heterocycles. The third-order valence-electron chi connectivity index (χ3n) is 2.27. The average molecular weight is 312 g/mol. The van der Waals surface area contributed by atoms with Crippen LogP contribution in [0.1, 0.15) is 12.5 Å². The molecule has 0 amide bonds. The van der Waals surface area contributed by atoms with Gasteiger partial charge in [0.2, 0.25) is 0 Å². The molecule has 21 heavy (non-hydrogen) atoms. The Morgan fingerprint density at radius 3 is 2.19 bits per heavy atom. The van der Waals surface area contributed by atoms with Crippen molar-refractivity contribution in [2.75, 3.05) is 21.1 Å². The van der Waals surface area contributed by atoms with E-state index in [0.29, 0.717) is 0 Å². The summed E-state index contributed by atoms with van der Waals surface area (Å²) < 4.78 is 28.7. The van der Waals surface area contributed by atoms with E-state index >= 15 is 0 Å². The summed E-state index contributed by atoms with van der Waals surface area (Å²) >= 11 is 0. The molecule has 0 bridgehead atoms. The lowest BCUT2D eigenvalue weighted by molar-refractivity contribution is -0.884. The molecule has 0 saturated heterocycles. The van der Waals surface area contributed by atoms with Gasteiger partial charge in [-0.1, -0.05) is 30.3 Å². The number of nitrogens with zero attached hydrogens (tertiary/aromatic N) is 2. The quantitative estimate of drug-likeness (QED) is 0.757. The van der Waals surface area contributed by atoms with Crippen LogP contribution in [0.15, 0.2) is 46.6 Å². The Kier molecular flexibility index (Phi) is 5.51. The zero-order valence-corrected chi connectivity index (χ0v) is 13.4. The maximum atomic E-state index is 10.4. The van der Waals surface area contributed by atoms with Gasteiger partial charge in [-0.3, -0.25) is 0 Å². The Balaban J connectivity index is 0.000000211. The molecule has 0 spiro atoms. The van der Waals surface area contributed by atoms with E-state index in [1.54, 1.807) is 0 Å². The van der Waals surface area contributed by atoms with Crippen LogP contribution in [0.3, 0.4) is 0 Å². The second-order valence-electron chi connectivity index (χ2n) is 5.63. The molecular formula is C14H20N2O4S. The number of hydrogen-bond acceptors (Lipinski definition) is 4. The van der Waals surface area contributed by atoms with E-state index in [1.807, 2.05) is 0 Å². The highest BCUT2D eigenvalue weighted by atomic mass is 32.2. The lowest BCUT2D eigenvalue weighted by atomic mass is 10.2. The monoisotopic (exact) mass is 312 g/mol. The fourth-order valence-electron chi connectivity index (χ4n) is 1.65. The predicted octanol–water partition coefficient (Wildman–Crippen LogP) is 0.817. The Morgan fingerprint density at radius 1 is 1.19 bits per heavy atom. The van der Waals surface area contributed by atoms with Gasteiger partial charge in [-0.15, -0.1) is 4.40 Å². The maximum absolute atomic E-state index is 10.4. The van der Waals surface area contributed by atoms with Crippen LogP contribution in [0.2, 0.25) is 0 Å². The van der Waals surface area contributed by atoms with Gasteiger partial charge >= 0.3 is 10.3 Å². The molecule has 7 heteroatoms. The normalized spacial score (nSPS) is 16.8. The van der Waals surface area contributed by atoms with Crippen LogP contribution < -0.4 is 5.11 Å². The van der Waals surface area contributed by atoms with Crippen molar-refractivity contribution in [3.63, 3.8) is 0 Å². The van der Waals surface area contributed by atoms with Crippen LogP contribution in [0.25, 0.3) is 0 Å². The van der Waals surface area contributed by atoms with Crippen molar-refractivity contribution < 1.29 is 22.2 Å². The number of benzene rings is 1. The van der Waals surface area contributed by atoms with Crippen molar-refractivity contribution >= 4 is 16.2 Å². The summed E-state index contributed by atoms with van der Waals surface area (Å²) in [5, 5.41) is 10.4. The van der Waals surface area contributed by atoms with Gasteiger partial charge in [0.25, 0.3) is 0 Å². The molecule has 0 saturated carbocycles. The number of hydrogen-bond donors (Lipinski definition) is 0. The van der Waals surface area contributed by atoms with Crippen LogP contribution in [-0.4, -0.2) is 39.9 Å². The highest BCUT2D eigenvalue weighted by Gasteiger charge is 2.12. The van der Waals surface area contributed by atoms with Gasteiger partial charge in [0, 0.05) is 11.5 Å². The maximum Gasteiger partial charge on any atom is 0.427 e. The van der Waals surface area contributed by atoms with E-state index < -0.39 is 16.2 Å². The summed E-state index contributed by atoms with van der Waals surface area (Å²) in [5.41, 5.74) is 1.40. The van der Waals surface area contributed by atoms with Crippen LogP contribution in [0, 0.1) is 0 Å². The molecule has 1 aliphatic rings. The van der Waals surface area contributed by atoms with Crippen molar-refractivity contribution in [2.45, 2.75) is 13.5 Å². The fourth-order valence-corrected chi connectivity index (χ4v) is 2.34. The summed E-state index contributed by atoms with van der Waals surface area (Å²) in [6.45, 7) is 2.46. The van der Waals surface area contributed by atoms with Crippen molar-refractivity contribution in [3.8, 4) is 0 Å². The van der Waals surface area contributed by atoms with Gasteiger partial charge in [0.05, 0.1) is 21.1 Å². The highest BCUT2D eigenvalue weighted by Crippen LogP contribution is 2.09. The molecule has 0 fully saturated rings. The van der Waals surface area contributed by atoms with E-state index in [1.165, 1.54) is 12.5 Å². The lowest BCUT2D eigenvalue weighted by Crippen LogP contribution is -2.33. The first kappa shape index (κ1) is 17.2. The summed E-state index contributed by atoms with van der Waals surface area (Å²) in [5.74, 6) is -0.760. The van der Waals surface area contributed by atoms with E-state index in [2.05, 4.69) is 60.1 Å². The molecule has 1 aliphatic heterocycles. The lowest BCUT2D eigenvalue weighted by Gasteiger charge is -2.23. The summed E-state index contributed by atoms with van der Waals surface area (Å²) in [6, 6.07) is 10.6. The second kappa shape index (κ2) is 6.73. The number of rotatable bonds is 2. The van der Waals surface area contributed by atoms with E-state index in [4.69, 9.17) is 0 Å². The average Bonchev–Trinajstić information content (AvgIpc) is 2.24. The SMILES string of the molecule is CC1=CC([O-])=NS(=O)(=O)O1.C[N+](C)(C)Cc1ccccc1. The summed E-state index contributed by atoms with van der Waals surface area (Å²) in [6.07, 6.45) is 1.00. The molecule has 2 rings (SSSR count). The minimum absolute atomic E-state index is 0.0417. The summed E-state index contributed by atoms with van der Waals surface area (Å²) in [7, 11) is 2.63. The van der Waals surface area contributed by atoms with Gasteiger partial charge in [-0.2, -0.15) is 8.42 Å². The minimum Gasteiger partial charge on any atom is -0.858 e. The third-order valence-corrected chi connectivity index (χ3v) is 3.14. The molecule has 1 heterocycles. The molecule has 6 nitrogen and oxygen atoms in total. The zero-order chi connectivity index (χ0) is 16.1. The van der Waals surface area contributed by atoms with Crippen molar-refractivity contribution in [1.29, 1.82) is 0 Å². The van der Waals surface area contributed by atoms with Crippen LogP contribution in [0.5, 0.6) is 0 Å². The molecular weight excluding hydrogens is 292 g/mol. The van der Waals surface area contributed by atoms with Gasteiger partial charge < -0.3 is 13.8 Å². The molecule has 0 aliphatic carbocycles. The molecule has 1 aromatic carbocycles. The smallest absolute Gasteiger partial charge is 0.427 e. The van der Waals surface area contributed by atoms with Crippen molar-refractivity contribution in [3.05, 3.63) is 47.7 Å². The van der Waals surface area contributed by atoms with E-state index in [-0.39, 0.29) is 5.76 Å². The van der Waals surface area contributed by atoms with Crippen LogP contribution in [-0.2, 0) is 21.0 Å². The molecule has 0 N–H and O–H groups in total. The molecule has 0 radical (unpaired) electrons. The van der Waals surface area contributed by atoms with Crippen molar-refractivity contribution in [1.82, 2.24) is 0 Å². The minimum atomic E-state index is -3.97. The first-order valence-electron chi connectivity index (χ1n) is 6.31. The van der Waals surface area contributed by atoms with E-state index in [9.17, 15) is 13.5 Å². The van der Waals surface area contributed by atoms with Gasteiger partial charge in [-0.05, 0) is 13.0 Å². The van der Waals surface area contributed by atoms with Crippen LogP contribution >= 0.6 is 0 Å². The van der Waals surface area contributed by atoms with Crippen molar-refractivity contribution in [2.24, 2.45) is 4.40 Å². The number of allylic oxidation sites excluding steroid dienone is 1. The first-order chi connectivity index (χ1) is 9.57. The standard InChI is InChI=1S/C10H16N.C4H5NO4S/c1-11(2,3)9-10-7-5-4-6-8-10;1-3-2-4(6)5-10(7,8)9-3/h4-8H,9H2,1-3H3;2H,1H3,(H,5,6)/q+1;/p-1. The van der Waals surface area contributed by atoms with E-state index in [0.717, 1.165) is 17.1 Å². The third kappa shape index (κ3) is 7.48. The molecule has 1 aromatic rings. The Labute approximate surface area is 125 Å². The van der Waals surface area contributed by atoms with Gasteiger partial charge in [-0.25, -0.2) is 0 Å². The van der Waals surface area contributed by atoms with Gasteiger partial charge in [0.15, 0.2) is 0 Å². The Hall–Kier alpha value is -1.86. The highest BCUT2D eigenvalue weighted by molar-refractivity contribution is 7.85. The Bertz CT molecular complexity index is 629. The molecule has 116 valence electrons. The second-order valence-corrected chi connectivity index (χ2v) is 6.83. The summed E-state index contributed by atoms with van der Waals surface area (Å²) in [4.78, 5) is 0.